The van der Waals surface area contributed by atoms with Crippen molar-refractivity contribution in [3.63, 3.8) is 0 Å². The summed E-state index contributed by atoms with van der Waals surface area (Å²) in [6, 6.07) is 6.24. The fourth-order valence-corrected chi connectivity index (χ4v) is 3.49. The highest BCUT2D eigenvalue weighted by Gasteiger charge is 2.18. The number of anilines is 1. The van der Waals surface area contributed by atoms with Gasteiger partial charge in [-0.3, -0.25) is 4.72 Å². The number of aromatic nitrogens is 1. The van der Waals surface area contributed by atoms with E-state index in [1.807, 2.05) is 0 Å². The van der Waals surface area contributed by atoms with Gasteiger partial charge in [0, 0.05) is 10.7 Å². The number of benzene rings is 1. The summed E-state index contributed by atoms with van der Waals surface area (Å²) in [5.41, 5.74) is 0. The minimum absolute atomic E-state index is 0.0781. The molecule has 0 amide bonds. The van der Waals surface area contributed by atoms with Gasteiger partial charge < -0.3 is 0 Å². The quantitative estimate of drug-likeness (QED) is 0.906. The summed E-state index contributed by atoms with van der Waals surface area (Å²) in [5.74, 6) is -0.406. The first-order valence-electron chi connectivity index (χ1n) is 4.98. The zero-order chi connectivity index (χ0) is 14.0. The number of hydrogen-bond acceptors (Lipinski definition) is 3. The van der Waals surface area contributed by atoms with Crippen LogP contribution < -0.4 is 4.72 Å². The van der Waals surface area contributed by atoms with Crippen molar-refractivity contribution >= 4 is 43.4 Å². The van der Waals surface area contributed by atoms with Crippen LogP contribution in [0.4, 0.5) is 10.2 Å². The zero-order valence-electron chi connectivity index (χ0n) is 9.27. The first kappa shape index (κ1) is 14.2. The molecule has 0 radical (unpaired) electrons. The summed E-state index contributed by atoms with van der Waals surface area (Å²) >= 11 is 8.66. The maximum atomic E-state index is 12.9. The van der Waals surface area contributed by atoms with E-state index in [0.717, 1.165) is 18.2 Å². The molecule has 0 unspecified atom stereocenters. The van der Waals surface area contributed by atoms with Crippen LogP contribution >= 0.6 is 27.5 Å². The molecule has 19 heavy (non-hydrogen) atoms. The lowest BCUT2D eigenvalue weighted by molar-refractivity contribution is 0.598. The second kappa shape index (κ2) is 5.44. The third kappa shape index (κ3) is 3.43. The monoisotopic (exact) mass is 364 g/mol. The molecule has 1 N–H and O–H groups in total. The highest BCUT2D eigenvalue weighted by atomic mass is 79.9. The number of nitrogens with one attached hydrogen (secondary N) is 1. The van der Waals surface area contributed by atoms with Crippen LogP contribution in [-0.2, 0) is 10.0 Å². The van der Waals surface area contributed by atoms with Crippen LogP contribution in [-0.4, -0.2) is 13.4 Å². The average molecular weight is 366 g/mol. The minimum atomic E-state index is -3.84. The van der Waals surface area contributed by atoms with Crippen molar-refractivity contribution in [2.24, 2.45) is 0 Å². The number of nitrogens with zero attached hydrogens (tertiary/aromatic N) is 1. The highest BCUT2D eigenvalue weighted by Crippen LogP contribution is 2.24. The van der Waals surface area contributed by atoms with E-state index in [1.54, 1.807) is 0 Å². The Bertz CT molecular complexity index is 707. The molecule has 0 saturated heterocycles. The molecule has 2 rings (SSSR count). The first-order chi connectivity index (χ1) is 8.88. The highest BCUT2D eigenvalue weighted by molar-refractivity contribution is 9.10. The maximum Gasteiger partial charge on any atom is 0.264 e. The molecule has 0 aliphatic heterocycles. The van der Waals surface area contributed by atoms with Crippen molar-refractivity contribution in [3.05, 3.63) is 51.8 Å². The predicted octanol–water partition coefficient (Wildman–Crippen LogP) is 3.44. The molecule has 2 aromatic rings. The average Bonchev–Trinajstić information content (AvgIpc) is 2.31. The van der Waals surface area contributed by atoms with Gasteiger partial charge in [-0.15, -0.1) is 0 Å². The van der Waals surface area contributed by atoms with Gasteiger partial charge >= 0.3 is 0 Å². The van der Waals surface area contributed by atoms with Gasteiger partial charge in [0.15, 0.2) is 0 Å². The summed E-state index contributed by atoms with van der Waals surface area (Å²) in [4.78, 5) is 3.75. The molecule has 8 heteroatoms. The molecule has 0 atom stereocenters. The number of halogens is 3. The Balaban J connectivity index is 2.35. The van der Waals surface area contributed by atoms with Crippen LogP contribution in [0.25, 0.3) is 0 Å². The van der Waals surface area contributed by atoms with Crippen LogP contribution in [0.15, 0.2) is 45.9 Å². The van der Waals surface area contributed by atoms with Gasteiger partial charge in [-0.05, 0) is 46.3 Å². The Labute approximate surface area is 122 Å². The van der Waals surface area contributed by atoms with E-state index in [9.17, 15) is 12.8 Å². The molecule has 0 spiro atoms. The largest absolute Gasteiger partial charge is 0.264 e. The van der Waals surface area contributed by atoms with E-state index in [4.69, 9.17) is 11.6 Å². The van der Waals surface area contributed by atoms with Crippen molar-refractivity contribution in [2.45, 2.75) is 4.90 Å². The molecule has 100 valence electrons. The van der Waals surface area contributed by atoms with Crippen LogP contribution in [0.5, 0.6) is 0 Å². The molecule has 1 heterocycles. The summed E-state index contributed by atoms with van der Waals surface area (Å²) in [5, 5.41) is 0.394. The van der Waals surface area contributed by atoms with Gasteiger partial charge in [0.2, 0.25) is 0 Å². The molecule has 1 aromatic heterocycles. The van der Waals surface area contributed by atoms with Crippen LogP contribution in [0.3, 0.4) is 0 Å². The summed E-state index contributed by atoms with van der Waals surface area (Å²) in [6.07, 6.45) is 1.32. The van der Waals surface area contributed by atoms with Crippen molar-refractivity contribution in [3.8, 4) is 0 Å². The van der Waals surface area contributed by atoms with Gasteiger partial charge in [-0.25, -0.2) is 17.8 Å². The second-order valence-electron chi connectivity index (χ2n) is 3.54. The Morgan fingerprint density at radius 2 is 2.00 bits per heavy atom. The predicted molar refractivity (Wildman–Crippen MR) is 74.2 cm³/mol. The number of rotatable bonds is 3. The van der Waals surface area contributed by atoms with Crippen LogP contribution in [0.2, 0.25) is 5.02 Å². The Morgan fingerprint density at radius 1 is 1.26 bits per heavy atom. The third-order valence-electron chi connectivity index (χ3n) is 2.15. The van der Waals surface area contributed by atoms with Gasteiger partial charge in [-0.2, -0.15) is 0 Å². The molecular weight excluding hydrogens is 359 g/mol. The smallest absolute Gasteiger partial charge is 0.263 e. The van der Waals surface area contributed by atoms with Crippen molar-refractivity contribution < 1.29 is 12.8 Å². The SMILES string of the molecule is O=S(=O)(Nc1ccc(Cl)cn1)c1ccc(F)cc1Br. The number of hydrogen-bond donors (Lipinski definition) is 1. The van der Waals surface area contributed by atoms with E-state index in [0.29, 0.717) is 5.02 Å². The maximum absolute atomic E-state index is 12.9. The molecule has 1 aromatic carbocycles. The molecule has 4 nitrogen and oxygen atoms in total. The van der Waals surface area contributed by atoms with Crippen molar-refractivity contribution in [1.82, 2.24) is 4.98 Å². The summed E-state index contributed by atoms with van der Waals surface area (Å²) < 4.78 is 39.5. The fraction of sp³-hybridized carbons (Fsp3) is 0. The topological polar surface area (TPSA) is 59.1 Å². The van der Waals surface area contributed by atoms with E-state index in [-0.39, 0.29) is 15.2 Å². The Kier molecular flexibility index (Phi) is 4.07. The lowest BCUT2D eigenvalue weighted by atomic mass is 10.3. The fourth-order valence-electron chi connectivity index (χ4n) is 1.32. The Morgan fingerprint density at radius 3 is 2.58 bits per heavy atom. The number of pyridine rings is 1. The first-order valence-corrected chi connectivity index (χ1v) is 7.63. The lowest BCUT2D eigenvalue weighted by Crippen LogP contribution is -2.14. The second-order valence-corrected chi connectivity index (χ2v) is 6.48. The van der Waals surface area contributed by atoms with E-state index >= 15 is 0 Å². The molecule has 0 aliphatic rings. The van der Waals surface area contributed by atoms with Crippen LogP contribution in [0.1, 0.15) is 0 Å². The van der Waals surface area contributed by atoms with Gasteiger partial charge in [-0.1, -0.05) is 11.6 Å². The molecule has 0 saturated carbocycles. The minimum Gasteiger partial charge on any atom is -0.263 e. The third-order valence-corrected chi connectivity index (χ3v) is 4.70. The van der Waals surface area contributed by atoms with Crippen LogP contribution in [0, 0.1) is 5.82 Å². The van der Waals surface area contributed by atoms with Gasteiger partial charge in [0.25, 0.3) is 10.0 Å². The molecule has 0 fully saturated rings. The summed E-state index contributed by atoms with van der Waals surface area (Å²) in [6.45, 7) is 0. The molecule has 0 aliphatic carbocycles. The van der Waals surface area contributed by atoms with Gasteiger partial charge in [0.05, 0.1) is 5.02 Å². The zero-order valence-corrected chi connectivity index (χ0v) is 12.4. The van der Waals surface area contributed by atoms with E-state index in [2.05, 4.69) is 25.6 Å². The normalized spacial score (nSPS) is 11.3. The standard InChI is InChI=1S/C11H7BrClFN2O2S/c12-9-5-8(14)2-3-10(9)19(17,18)16-11-4-1-7(13)6-15-11/h1-6H,(H,15,16). The Hall–Kier alpha value is -1.18. The van der Waals surface area contributed by atoms with E-state index < -0.39 is 15.8 Å². The van der Waals surface area contributed by atoms with Gasteiger partial charge in [0.1, 0.15) is 16.5 Å². The number of sulfonamides is 1. The van der Waals surface area contributed by atoms with E-state index in [1.165, 1.54) is 18.3 Å². The van der Waals surface area contributed by atoms with Crippen molar-refractivity contribution in [2.75, 3.05) is 4.72 Å². The molecule has 0 bridgehead atoms. The van der Waals surface area contributed by atoms with Crippen molar-refractivity contribution in [1.29, 1.82) is 0 Å². The lowest BCUT2D eigenvalue weighted by Gasteiger charge is -2.08. The summed E-state index contributed by atoms with van der Waals surface area (Å²) in [7, 11) is -3.84. The molecular formula is C11H7BrClFN2O2S.